The van der Waals surface area contributed by atoms with Crippen LogP contribution in [-0.2, 0) is 12.6 Å². The number of benzene rings is 1. The van der Waals surface area contributed by atoms with E-state index in [0.29, 0.717) is 11.4 Å². The molecule has 0 bridgehead atoms. The van der Waals surface area contributed by atoms with Crippen molar-refractivity contribution >= 4 is 11.7 Å². The van der Waals surface area contributed by atoms with E-state index >= 15 is 0 Å². The second-order valence-electron chi connectivity index (χ2n) is 5.15. The third-order valence-corrected chi connectivity index (χ3v) is 3.22. The first-order valence-electron chi connectivity index (χ1n) is 6.17. The second kappa shape index (κ2) is 4.96. The summed E-state index contributed by atoms with van der Waals surface area (Å²) in [6, 6.07) is 6.01. The fourth-order valence-electron chi connectivity index (χ4n) is 1.91. The van der Waals surface area contributed by atoms with Crippen LogP contribution in [0.3, 0.4) is 0 Å². The van der Waals surface area contributed by atoms with Gasteiger partial charge in [0, 0.05) is 7.05 Å². The van der Waals surface area contributed by atoms with E-state index in [1.165, 1.54) is 23.0 Å². The minimum atomic E-state index is -0.646. The molecule has 2 rings (SSSR count). The van der Waals surface area contributed by atoms with Gasteiger partial charge in [0.1, 0.15) is 17.2 Å². The van der Waals surface area contributed by atoms with Crippen LogP contribution in [0.2, 0.25) is 0 Å². The molecule has 20 heavy (non-hydrogen) atoms. The Hall–Kier alpha value is -2.37. The average Bonchev–Trinajstić information content (AvgIpc) is 2.70. The van der Waals surface area contributed by atoms with Crippen molar-refractivity contribution in [2.24, 2.45) is 7.05 Å². The molecule has 0 unspecified atom stereocenters. The standard InChI is InChI=1S/C14H17FN4O/c1-14(2,9-4-6-10(15)7-5-9)18-13(20)11-8-17-19(3)12(11)16/h4-8H,16H2,1-3H3,(H,18,20). The van der Waals surface area contributed by atoms with Crippen LogP contribution >= 0.6 is 0 Å². The van der Waals surface area contributed by atoms with Gasteiger partial charge in [0.25, 0.3) is 5.91 Å². The van der Waals surface area contributed by atoms with Crippen LogP contribution in [0.15, 0.2) is 30.5 Å². The molecular formula is C14H17FN4O. The number of nitrogens with two attached hydrogens (primary N) is 1. The van der Waals surface area contributed by atoms with E-state index in [4.69, 9.17) is 5.73 Å². The summed E-state index contributed by atoms with van der Waals surface area (Å²) in [5.74, 6) is -0.324. The largest absolute Gasteiger partial charge is 0.383 e. The number of hydrogen-bond donors (Lipinski definition) is 2. The van der Waals surface area contributed by atoms with Crippen molar-refractivity contribution in [2.45, 2.75) is 19.4 Å². The lowest BCUT2D eigenvalue weighted by Crippen LogP contribution is -2.41. The van der Waals surface area contributed by atoms with E-state index in [2.05, 4.69) is 10.4 Å². The molecule has 0 radical (unpaired) electrons. The molecule has 2 aromatic rings. The molecule has 3 N–H and O–H groups in total. The van der Waals surface area contributed by atoms with E-state index in [1.54, 1.807) is 19.2 Å². The van der Waals surface area contributed by atoms with Crippen molar-refractivity contribution in [1.82, 2.24) is 15.1 Å². The molecule has 0 spiro atoms. The van der Waals surface area contributed by atoms with Gasteiger partial charge in [-0.3, -0.25) is 9.48 Å². The van der Waals surface area contributed by atoms with Gasteiger partial charge in [0.2, 0.25) is 0 Å². The zero-order valence-corrected chi connectivity index (χ0v) is 11.6. The zero-order chi connectivity index (χ0) is 14.9. The number of aromatic nitrogens is 2. The molecular weight excluding hydrogens is 259 g/mol. The van der Waals surface area contributed by atoms with Crippen LogP contribution < -0.4 is 11.1 Å². The number of anilines is 1. The molecule has 0 fully saturated rings. The fraction of sp³-hybridized carbons (Fsp3) is 0.286. The summed E-state index contributed by atoms with van der Waals surface area (Å²) in [6.45, 7) is 3.68. The third-order valence-electron chi connectivity index (χ3n) is 3.22. The Morgan fingerprint density at radius 1 is 1.35 bits per heavy atom. The van der Waals surface area contributed by atoms with Gasteiger partial charge in [0.15, 0.2) is 0 Å². The van der Waals surface area contributed by atoms with E-state index < -0.39 is 5.54 Å². The minimum Gasteiger partial charge on any atom is -0.383 e. The summed E-state index contributed by atoms with van der Waals surface area (Å²) >= 11 is 0. The number of nitrogens with zero attached hydrogens (tertiary/aromatic N) is 2. The van der Waals surface area contributed by atoms with Crippen molar-refractivity contribution in [1.29, 1.82) is 0 Å². The molecule has 1 aromatic carbocycles. The molecule has 0 saturated carbocycles. The van der Waals surface area contributed by atoms with Crippen LogP contribution in [0.25, 0.3) is 0 Å². The second-order valence-corrected chi connectivity index (χ2v) is 5.15. The topological polar surface area (TPSA) is 72.9 Å². The maximum absolute atomic E-state index is 12.9. The summed E-state index contributed by atoms with van der Waals surface area (Å²) in [6.07, 6.45) is 1.42. The van der Waals surface area contributed by atoms with Crippen LogP contribution in [0.5, 0.6) is 0 Å². The van der Waals surface area contributed by atoms with Crippen LogP contribution in [0, 0.1) is 5.82 Å². The highest BCUT2D eigenvalue weighted by atomic mass is 19.1. The van der Waals surface area contributed by atoms with E-state index in [-0.39, 0.29) is 11.7 Å². The van der Waals surface area contributed by atoms with Crippen LogP contribution in [-0.4, -0.2) is 15.7 Å². The highest BCUT2D eigenvalue weighted by molar-refractivity contribution is 5.98. The Kier molecular flexibility index (Phi) is 3.48. The lowest BCUT2D eigenvalue weighted by molar-refractivity contribution is 0.0913. The van der Waals surface area contributed by atoms with Gasteiger partial charge in [-0.25, -0.2) is 4.39 Å². The Bertz CT molecular complexity index is 631. The molecule has 6 heteroatoms. The predicted molar refractivity (Wildman–Crippen MR) is 74.5 cm³/mol. The minimum absolute atomic E-state index is 0.303. The Morgan fingerprint density at radius 2 is 1.95 bits per heavy atom. The quantitative estimate of drug-likeness (QED) is 0.898. The first-order valence-corrected chi connectivity index (χ1v) is 6.17. The monoisotopic (exact) mass is 276 g/mol. The van der Waals surface area contributed by atoms with Crippen molar-refractivity contribution in [3.8, 4) is 0 Å². The maximum Gasteiger partial charge on any atom is 0.257 e. The first-order chi connectivity index (χ1) is 9.31. The third kappa shape index (κ3) is 2.64. The van der Waals surface area contributed by atoms with Gasteiger partial charge in [-0.1, -0.05) is 12.1 Å². The van der Waals surface area contributed by atoms with Crippen molar-refractivity contribution < 1.29 is 9.18 Å². The lowest BCUT2D eigenvalue weighted by Gasteiger charge is -2.26. The molecule has 0 aliphatic heterocycles. The summed E-state index contributed by atoms with van der Waals surface area (Å²) in [7, 11) is 1.66. The van der Waals surface area contributed by atoms with E-state index in [1.807, 2.05) is 13.8 Å². The highest BCUT2D eigenvalue weighted by Gasteiger charge is 2.25. The molecule has 1 heterocycles. The van der Waals surface area contributed by atoms with Crippen LogP contribution in [0.4, 0.5) is 10.2 Å². The molecule has 106 valence electrons. The molecule has 0 saturated heterocycles. The molecule has 0 aliphatic carbocycles. The number of halogens is 1. The van der Waals surface area contributed by atoms with E-state index in [9.17, 15) is 9.18 Å². The number of hydrogen-bond acceptors (Lipinski definition) is 3. The summed E-state index contributed by atoms with van der Waals surface area (Å²) in [4.78, 5) is 12.2. The van der Waals surface area contributed by atoms with Gasteiger partial charge in [0.05, 0.1) is 11.7 Å². The molecule has 1 aromatic heterocycles. The van der Waals surface area contributed by atoms with Crippen LogP contribution in [0.1, 0.15) is 29.8 Å². The van der Waals surface area contributed by atoms with Gasteiger partial charge >= 0.3 is 0 Å². The highest BCUT2D eigenvalue weighted by Crippen LogP contribution is 2.21. The van der Waals surface area contributed by atoms with Crippen molar-refractivity contribution in [3.63, 3.8) is 0 Å². The molecule has 5 nitrogen and oxygen atoms in total. The number of nitrogens with one attached hydrogen (secondary N) is 1. The predicted octanol–water partition coefficient (Wildman–Crippen LogP) is 1.81. The Labute approximate surface area is 116 Å². The SMILES string of the molecule is Cn1ncc(C(=O)NC(C)(C)c2ccc(F)cc2)c1N. The number of aryl methyl sites for hydroxylation is 1. The summed E-state index contributed by atoms with van der Waals surface area (Å²) in [5, 5.41) is 6.80. The van der Waals surface area contributed by atoms with Gasteiger partial charge in [-0.05, 0) is 31.5 Å². The lowest BCUT2D eigenvalue weighted by atomic mass is 9.94. The number of carbonyl (C=O) groups excluding carboxylic acids is 1. The Morgan fingerprint density at radius 3 is 2.45 bits per heavy atom. The van der Waals surface area contributed by atoms with Gasteiger partial charge in [-0.2, -0.15) is 5.10 Å². The average molecular weight is 276 g/mol. The number of amides is 1. The number of rotatable bonds is 3. The summed E-state index contributed by atoms with van der Waals surface area (Å²) < 4.78 is 14.4. The molecule has 0 aliphatic rings. The number of nitrogen functional groups attached to an aromatic ring is 1. The molecule has 1 amide bonds. The smallest absolute Gasteiger partial charge is 0.257 e. The van der Waals surface area contributed by atoms with Crippen molar-refractivity contribution in [3.05, 3.63) is 47.4 Å². The maximum atomic E-state index is 12.9. The zero-order valence-electron chi connectivity index (χ0n) is 11.6. The Balaban J connectivity index is 2.21. The van der Waals surface area contributed by atoms with Gasteiger partial charge < -0.3 is 11.1 Å². The normalized spacial score (nSPS) is 11.4. The van der Waals surface area contributed by atoms with Gasteiger partial charge in [-0.15, -0.1) is 0 Å². The van der Waals surface area contributed by atoms with Crippen molar-refractivity contribution in [2.75, 3.05) is 5.73 Å². The summed E-state index contributed by atoms with van der Waals surface area (Å²) in [5.41, 5.74) is 6.25. The van der Waals surface area contributed by atoms with E-state index in [0.717, 1.165) is 5.56 Å². The molecule has 0 atom stereocenters. The first kappa shape index (κ1) is 14.0. The fourth-order valence-corrected chi connectivity index (χ4v) is 1.91. The number of carbonyl (C=O) groups is 1.